The van der Waals surface area contributed by atoms with E-state index in [-0.39, 0.29) is 11.5 Å². The molecule has 0 unspecified atom stereocenters. The molecule has 0 atom stereocenters. The van der Waals surface area contributed by atoms with Gasteiger partial charge in [0, 0.05) is 11.0 Å². The Bertz CT molecular complexity index is 515. The van der Waals surface area contributed by atoms with E-state index in [2.05, 4.69) is 34.5 Å². The average molecular weight is 350 g/mol. The monoisotopic (exact) mass is 349 g/mol. The van der Waals surface area contributed by atoms with E-state index in [1.54, 1.807) is 12.1 Å². The summed E-state index contributed by atoms with van der Waals surface area (Å²) in [6, 6.07) is 4.80. The van der Waals surface area contributed by atoms with E-state index in [4.69, 9.17) is 5.11 Å². The van der Waals surface area contributed by atoms with Gasteiger partial charge in [0.05, 0.1) is 11.5 Å². The van der Waals surface area contributed by atoms with Crippen LogP contribution in [0.5, 0.6) is 0 Å². The Hall–Kier alpha value is -0.430. The van der Waals surface area contributed by atoms with Gasteiger partial charge in [0.2, 0.25) is 10.0 Å². The van der Waals surface area contributed by atoms with Crippen molar-refractivity contribution in [2.24, 2.45) is 5.92 Å². The van der Waals surface area contributed by atoms with Gasteiger partial charge in [-0.05, 0) is 52.4 Å². The molecule has 0 fully saturated rings. The normalized spacial score (nSPS) is 12.1. The predicted molar refractivity (Wildman–Crippen MR) is 79.3 cm³/mol. The van der Waals surface area contributed by atoms with Crippen LogP contribution in [0.1, 0.15) is 32.3 Å². The van der Waals surface area contributed by atoms with Gasteiger partial charge in [0.15, 0.2) is 0 Å². The van der Waals surface area contributed by atoms with Crippen molar-refractivity contribution in [2.45, 2.75) is 38.2 Å². The summed E-state index contributed by atoms with van der Waals surface area (Å²) in [5, 5.41) is 9.06. The minimum absolute atomic E-state index is 0.170. The molecule has 1 rings (SSSR count). The summed E-state index contributed by atoms with van der Waals surface area (Å²) in [7, 11) is -3.53. The van der Waals surface area contributed by atoms with Crippen molar-refractivity contribution in [1.29, 1.82) is 0 Å². The smallest absolute Gasteiger partial charge is 0.241 e. The van der Waals surface area contributed by atoms with Crippen LogP contribution in [0.25, 0.3) is 0 Å². The standard InChI is InChI=1S/C13H20BrNO3S/c1-10(2)4-3-7-15-19(17,18)13-8-11(9-16)5-6-12(13)14/h5-6,8,10,15-16H,3-4,7,9H2,1-2H3. The minimum atomic E-state index is -3.53. The number of aliphatic hydroxyl groups excluding tert-OH is 1. The molecule has 0 radical (unpaired) electrons. The molecule has 19 heavy (non-hydrogen) atoms. The lowest BCUT2D eigenvalue weighted by atomic mass is 10.1. The van der Waals surface area contributed by atoms with E-state index in [1.807, 2.05) is 0 Å². The number of rotatable bonds is 7. The Balaban J connectivity index is 2.77. The number of nitrogens with one attached hydrogen (secondary N) is 1. The molecule has 0 spiro atoms. The number of sulfonamides is 1. The zero-order chi connectivity index (χ0) is 14.5. The second-order valence-corrected chi connectivity index (χ2v) is 7.45. The van der Waals surface area contributed by atoms with Crippen LogP contribution in [0.2, 0.25) is 0 Å². The molecule has 0 saturated heterocycles. The Morgan fingerprint density at radius 3 is 2.63 bits per heavy atom. The van der Waals surface area contributed by atoms with Gasteiger partial charge in [-0.1, -0.05) is 19.9 Å². The maximum atomic E-state index is 12.1. The summed E-state index contributed by atoms with van der Waals surface area (Å²) in [5.41, 5.74) is 0.575. The van der Waals surface area contributed by atoms with E-state index in [0.717, 1.165) is 12.8 Å². The zero-order valence-corrected chi connectivity index (χ0v) is 13.6. The van der Waals surface area contributed by atoms with Gasteiger partial charge in [-0.15, -0.1) is 0 Å². The van der Waals surface area contributed by atoms with Crippen LogP contribution in [0.3, 0.4) is 0 Å². The molecule has 0 aliphatic heterocycles. The molecule has 0 heterocycles. The highest BCUT2D eigenvalue weighted by molar-refractivity contribution is 9.10. The fraction of sp³-hybridized carbons (Fsp3) is 0.538. The van der Waals surface area contributed by atoms with E-state index < -0.39 is 10.0 Å². The summed E-state index contributed by atoms with van der Waals surface area (Å²) in [6.45, 7) is 4.46. The molecule has 2 N–H and O–H groups in total. The van der Waals surface area contributed by atoms with Crippen LogP contribution in [0.15, 0.2) is 27.6 Å². The molecule has 0 aromatic heterocycles. The lowest BCUT2D eigenvalue weighted by Crippen LogP contribution is -2.25. The van der Waals surface area contributed by atoms with Gasteiger partial charge in [0.1, 0.15) is 0 Å². The Labute approximate surface area is 123 Å². The van der Waals surface area contributed by atoms with Crippen molar-refractivity contribution < 1.29 is 13.5 Å². The SMILES string of the molecule is CC(C)CCCNS(=O)(=O)c1cc(CO)ccc1Br. The van der Waals surface area contributed by atoms with Crippen LogP contribution in [0, 0.1) is 5.92 Å². The van der Waals surface area contributed by atoms with Gasteiger partial charge in [0.25, 0.3) is 0 Å². The molecular formula is C13H20BrNO3S. The van der Waals surface area contributed by atoms with Crippen molar-refractivity contribution in [3.05, 3.63) is 28.2 Å². The van der Waals surface area contributed by atoms with Crippen molar-refractivity contribution in [2.75, 3.05) is 6.54 Å². The first-order valence-electron chi connectivity index (χ1n) is 6.25. The first kappa shape index (κ1) is 16.6. The first-order valence-corrected chi connectivity index (χ1v) is 8.53. The highest BCUT2D eigenvalue weighted by atomic mass is 79.9. The Morgan fingerprint density at radius 2 is 2.05 bits per heavy atom. The topological polar surface area (TPSA) is 66.4 Å². The number of aliphatic hydroxyl groups is 1. The predicted octanol–water partition coefficient (Wildman–Crippen LogP) is 2.66. The van der Waals surface area contributed by atoms with Crippen LogP contribution >= 0.6 is 15.9 Å². The molecule has 1 aromatic carbocycles. The molecule has 1 aromatic rings. The molecule has 0 saturated carbocycles. The van der Waals surface area contributed by atoms with Crippen LogP contribution in [-0.2, 0) is 16.6 Å². The van der Waals surface area contributed by atoms with Gasteiger partial charge in [-0.25, -0.2) is 13.1 Å². The molecular weight excluding hydrogens is 330 g/mol. The number of benzene rings is 1. The van der Waals surface area contributed by atoms with E-state index in [1.165, 1.54) is 6.07 Å². The van der Waals surface area contributed by atoms with Crippen LogP contribution in [-0.4, -0.2) is 20.1 Å². The highest BCUT2D eigenvalue weighted by Crippen LogP contribution is 2.23. The number of halogens is 1. The van der Waals surface area contributed by atoms with Gasteiger partial charge in [-0.3, -0.25) is 0 Å². The molecule has 0 aliphatic carbocycles. The van der Waals surface area contributed by atoms with Crippen LogP contribution < -0.4 is 4.72 Å². The first-order chi connectivity index (χ1) is 8.86. The summed E-state index contributed by atoms with van der Waals surface area (Å²) >= 11 is 3.23. The number of hydrogen-bond acceptors (Lipinski definition) is 3. The van der Waals surface area contributed by atoms with Gasteiger partial charge >= 0.3 is 0 Å². The summed E-state index contributed by atoms with van der Waals surface area (Å²) in [6.07, 6.45) is 1.80. The minimum Gasteiger partial charge on any atom is -0.392 e. The molecule has 108 valence electrons. The lowest BCUT2D eigenvalue weighted by molar-refractivity contribution is 0.281. The Morgan fingerprint density at radius 1 is 1.37 bits per heavy atom. The Kier molecular flexibility index (Phi) is 6.46. The summed E-state index contributed by atoms with van der Waals surface area (Å²) < 4.78 is 27.4. The van der Waals surface area contributed by atoms with Crippen molar-refractivity contribution in [1.82, 2.24) is 4.72 Å². The lowest BCUT2D eigenvalue weighted by Gasteiger charge is -2.10. The van der Waals surface area contributed by atoms with Crippen molar-refractivity contribution in [3.63, 3.8) is 0 Å². The fourth-order valence-corrected chi connectivity index (χ4v) is 3.73. The van der Waals surface area contributed by atoms with Gasteiger partial charge < -0.3 is 5.11 Å². The average Bonchev–Trinajstić information content (AvgIpc) is 2.35. The third kappa shape index (κ3) is 5.22. The van der Waals surface area contributed by atoms with Gasteiger partial charge in [-0.2, -0.15) is 0 Å². The molecule has 0 bridgehead atoms. The third-order valence-corrected chi connectivity index (χ3v) is 5.17. The van der Waals surface area contributed by atoms with E-state index in [0.29, 0.717) is 22.5 Å². The maximum absolute atomic E-state index is 12.1. The second kappa shape index (κ2) is 7.38. The molecule has 4 nitrogen and oxygen atoms in total. The van der Waals surface area contributed by atoms with E-state index in [9.17, 15) is 8.42 Å². The van der Waals surface area contributed by atoms with Crippen LogP contribution in [0.4, 0.5) is 0 Å². The summed E-state index contributed by atoms with van der Waals surface area (Å²) in [4.78, 5) is 0.170. The highest BCUT2D eigenvalue weighted by Gasteiger charge is 2.17. The largest absolute Gasteiger partial charge is 0.392 e. The molecule has 0 aliphatic rings. The van der Waals surface area contributed by atoms with Crippen molar-refractivity contribution >= 4 is 26.0 Å². The summed E-state index contributed by atoms with van der Waals surface area (Å²) in [5.74, 6) is 0.564. The van der Waals surface area contributed by atoms with E-state index >= 15 is 0 Å². The molecule has 6 heteroatoms. The van der Waals surface area contributed by atoms with Crippen molar-refractivity contribution in [3.8, 4) is 0 Å². The quantitative estimate of drug-likeness (QED) is 0.743. The molecule has 0 amide bonds. The maximum Gasteiger partial charge on any atom is 0.241 e. The number of hydrogen-bond donors (Lipinski definition) is 2. The third-order valence-electron chi connectivity index (χ3n) is 2.72. The fourth-order valence-electron chi connectivity index (χ4n) is 1.65. The zero-order valence-electron chi connectivity index (χ0n) is 11.2. The second-order valence-electron chi connectivity index (χ2n) is 4.86.